The predicted octanol–water partition coefficient (Wildman–Crippen LogP) is 6.69. The van der Waals surface area contributed by atoms with Crippen molar-refractivity contribution in [2.45, 2.75) is 46.0 Å². The maximum absolute atomic E-state index is 12.4. The van der Waals surface area contributed by atoms with E-state index in [4.69, 9.17) is 26.1 Å². The zero-order chi connectivity index (χ0) is 30.3. The number of nitrogens with zero attached hydrogens (tertiary/aromatic N) is 4. The predicted molar refractivity (Wildman–Crippen MR) is 171 cm³/mol. The number of carbonyl (C=O) groups is 1. The molecule has 1 spiro atoms. The molecule has 10 heteroatoms. The number of allylic oxidation sites excluding steroid dienone is 2. The molecule has 4 heterocycles. The molecule has 1 aliphatic carbocycles. The van der Waals surface area contributed by atoms with E-state index in [-0.39, 0.29) is 5.41 Å². The lowest BCUT2D eigenvalue weighted by atomic mass is 9.66. The lowest BCUT2D eigenvalue weighted by Gasteiger charge is -2.46. The smallest absolute Gasteiger partial charge is 0.340 e. The Kier molecular flexibility index (Phi) is 8.18. The Balaban J connectivity index is 1.24. The van der Waals surface area contributed by atoms with Gasteiger partial charge in [0.15, 0.2) is 5.94 Å². The maximum atomic E-state index is 12.4. The number of hydrogen-bond donors (Lipinski definition) is 0. The molecule has 0 radical (unpaired) electrons. The fraction of sp³-hybridized carbons (Fsp3) is 0.424. The number of aromatic nitrogens is 1. The van der Waals surface area contributed by atoms with Gasteiger partial charge in [0.2, 0.25) is 0 Å². The molecule has 0 atom stereocenters. The van der Waals surface area contributed by atoms with Crippen LogP contribution in [0.1, 0.15) is 55.1 Å². The average molecular weight is 619 g/mol. The number of amidine groups is 1. The minimum atomic E-state index is -0.423. The van der Waals surface area contributed by atoms with Crippen LogP contribution in [0.25, 0.3) is 21.3 Å². The SMILES string of the molecule is COC(=O)c1csc2c(-c3cc(Cl)ccc3OCCN3C(=C=O)C4=C(CCC5(CCN(C)CC5)C4)N=C3C)cc(C)nc12. The molecule has 2 aliphatic heterocycles. The van der Waals surface area contributed by atoms with Crippen molar-refractivity contribution in [3.8, 4) is 16.9 Å². The number of rotatable bonds is 6. The molecule has 2 aromatic heterocycles. The number of hydrogen-bond acceptors (Lipinski definition) is 9. The van der Waals surface area contributed by atoms with Gasteiger partial charge in [-0.1, -0.05) is 11.6 Å². The monoisotopic (exact) mass is 618 g/mol. The summed E-state index contributed by atoms with van der Waals surface area (Å²) >= 11 is 7.90. The van der Waals surface area contributed by atoms with Crippen LogP contribution in [0.2, 0.25) is 5.02 Å². The number of piperidine rings is 1. The molecular formula is C33H35ClN4O4S. The number of aliphatic imine (C=N–C) groups is 1. The molecule has 3 aliphatic rings. The molecule has 1 saturated heterocycles. The van der Waals surface area contributed by atoms with Crippen LogP contribution in [0.4, 0.5) is 0 Å². The Morgan fingerprint density at radius 1 is 1.16 bits per heavy atom. The van der Waals surface area contributed by atoms with Crippen molar-refractivity contribution >= 4 is 50.9 Å². The van der Waals surface area contributed by atoms with Gasteiger partial charge in [0.05, 0.1) is 29.4 Å². The van der Waals surface area contributed by atoms with Crippen LogP contribution in [-0.2, 0) is 9.53 Å². The normalized spacial score (nSPS) is 18.5. The molecule has 0 bridgehead atoms. The Bertz CT molecular complexity index is 1710. The number of aryl methyl sites for hydroxylation is 1. The summed E-state index contributed by atoms with van der Waals surface area (Å²) in [6.45, 7) is 6.78. The van der Waals surface area contributed by atoms with Crippen LogP contribution >= 0.6 is 22.9 Å². The van der Waals surface area contributed by atoms with Crippen LogP contribution in [-0.4, -0.2) is 72.9 Å². The van der Waals surface area contributed by atoms with E-state index in [0.717, 1.165) is 83.8 Å². The lowest BCUT2D eigenvalue weighted by Crippen LogP contribution is -2.42. The number of benzene rings is 1. The highest BCUT2D eigenvalue weighted by molar-refractivity contribution is 7.18. The van der Waals surface area contributed by atoms with E-state index in [9.17, 15) is 9.59 Å². The van der Waals surface area contributed by atoms with Crippen molar-refractivity contribution in [1.29, 1.82) is 0 Å². The molecule has 224 valence electrons. The number of pyridine rings is 1. The summed E-state index contributed by atoms with van der Waals surface area (Å²) in [5.41, 5.74) is 6.40. The largest absolute Gasteiger partial charge is 0.491 e. The third-order valence-corrected chi connectivity index (χ3v) is 10.3. The van der Waals surface area contributed by atoms with Crippen molar-refractivity contribution in [1.82, 2.24) is 14.8 Å². The molecule has 1 aromatic carbocycles. The van der Waals surface area contributed by atoms with Gasteiger partial charge in [0.25, 0.3) is 0 Å². The first-order chi connectivity index (χ1) is 20.7. The van der Waals surface area contributed by atoms with E-state index in [2.05, 4.69) is 22.9 Å². The third-order valence-electron chi connectivity index (χ3n) is 9.04. The fourth-order valence-corrected chi connectivity index (χ4v) is 7.79. The first-order valence-corrected chi connectivity index (χ1v) is 15.9. The average Bonchev–Trinajstić information content (AvgIpc) is 3.43. The van der Waals surface area contributed by atoms with Gasteiger partial charge in [-0.25, -0.2) is 14.6 Å². The van der Waals surface area contributed by atoms with Gasteiger partial charge in [-0.15, -0.1) is 11.3 Å². The van der Waals surface area contributed by atoms with Crippen LogP contribution in [0.5, 0.6) is 5.75 Å². The molecule has 0 unspecified atom stereocenters. The third kappa shape index (κ3) is 5.63. The van der Waals surface area contributed by atoms with Gasteiger partial charge in [0, 0.05) is 38.5 Å². The second kappa shape index (κ2) is 11.9. The molecule has 0 N–H and O–H groups in total. The number of thiophene rings is 1. The molecule has 6 rings (SSSR count). The number of methoxy groups -OCH3 is 1. The summed E-state index contributed by atoms with van der Waals surface area (Å²) < 4.78 is 12.2. The van der Waals surface area contributed by atoms with Gasteiger partial charge >= 0.3 is 5.97 Å². The van der Waals surface area contributed by atoms with E-state index < -0.39 is 5.97 Å². The number of fused-ring (bicyclic) bond motifs is 1. The van der Waals surface area contributed by atoms with Crippen molar-refractivity contribution in [2.24, 2.45) is 10.4 Å². The Hall–Kier alpha value is -3.49. The number of ether oxygens (including phenoxy) is 2. The fourth-order valence-electron chi connectivity index (χ4n) is 6.61. The van der Waals surface area contributed by atoms with Gasteiger partial charge in [0.1, 0.15) is 23.9 Å². The Labute approximate surface area is 260 Å². The number of likely N-dealkylation sites (tertiary alicyclic amines) is 1. The van der Waals surface area contributed by atoms with Gasteiger partial charge < -0.3 is 19.3 Å². The van der Waals surface area contributed by atoms with E-state index >= 15 is 0 Å². The van der Waals surface area contributed by atoms with Crippen LogP contribution in [0.15, 0.2) is 51.6 Å². The van der Waals surface area contributed by atoms with E-state index in [1.165, 1.54) is 18.4 Å². The topological polar surface area (TPSA) is 84.3 Å². The van der Waals surface area contributed by atoms with Crippen LogP contribution < -0.4 is 4.74 Å². The Morgan fingerprint density at radius 2 is 1.95 bits per heavy atom. The first kappa shape index (κ1) is 29.6. The summed E-state index contributed by atoms with van der Waals surface area (Å²) in [4.78, 5) is 38.7. The molecular weight excluding hydrogens is 584 g/mol. The zero-order valence-corrected chi connectivity index (χ0v) is 26.5. The highest BCUT2D eigenvalue weighted by Gasteiger charge is 2.41. The Morgan fingerprint density at radius 3 is 2.70 bits per heavy atom. The summed E-state index contributed by atoms with van der Waals surface area (Å²) in [6.07, 6.45) is 5.19. The highest BCUT2D eigenvalue weighted by atomic mass is 35.5. The number of halogens is 1. The maximum Gasteiger partial charge on any atom is 0.340 e. The molecule has 0 saturated carbocycles. The van der Waals surface area contributed by atoms with Crippen LogP contribution in [0.3, 0.4) is 0 Å². The molecule has 1 fully saturated rings. The van der Waals surface area contributed by atoms with E-state index in [0.29, 0.717) is 40.7 Å². The van der Waals surface area contributed by atoms with Crippen molar-refractivity contribution in [2.75, 3.05) is 40.4 Å². The second-order valence-electron chi connectivity index (χ2n) is 11.8. The first-order valence-electron chi connectivity index (χ1n) is 14.6. The zero-order valence-electron chi connectivity index (χ0n) is 25.0. The number of carbonyl (C=O) groups excluding carboxylic acids is 2. The summed E-state index contributed by atoms with van der Waals surface area (Å²) in [6, 6.07) is 7.49. The minimum absolute atomic E-state index is 0.234. The van der Waals surface area contributed by atoms with Gasteiger partial charge in [-0.3, -0.25) is 4.98 Å². The molecule has 3 aromatic rings. The minimum Gasteiger partial charge on any atom is -0.491 e. The van der Waals surface area contributed by atoms with E-state index in [1.807, 2.05) is 36.9 Å². The second-order valence-corrected chi connectivity index (χ2v) is 13.1. The summed E-state index contributed by atoms with van der Waals surface area (Å²) in [5.74, 6) is 3.29. The number of esters is 1. The summed E-state index contributed by atoms with van der Waals surface area (Å²) in [7, 11) is 3.54. The lowest BCUT2D eigenvalue weighted by molar-refractivity contribution is 0.0603. The highest BCUT2D eigenvalue weighted by Crippen LogP contribution is 2.49. The quantitative estimate of drug-likeness (QED) is 0.225. The molecule has 43 heavy (non-hydrogen) atoms. The van der Waals surface area contributed by atoms with Gasteiger partial charge in [-0.05, 0) is 95.8 Å². The molecule has 0 amide bonds. The summed E-state index contributed by atoms with van der Waals surface area (Å²) in [5, 5.41) is 2.34. The van der Waals surface area contributed by atoms with Crippen molar-refractivity contribution < 1.29 is 19.1 Å². The molecule has 8 nitrogen and oxygen atoms in total. The van der Waals surface area contributed by atoms with Crippen molar-refractivity contribution in [3.63, 3.8) is 0 Å². The van der Waals surface area contributed by atoms with E-state index in [1.54, 1.807) is 11.4 Å². The van der Waals surface area contributed by atoms with Gasteiger partial charge in [-0.2, -0.15) is 0 Å². The van der Waals surface area contributed by atoms with Crippen LogP contribution in [0, 0.1) is 12.3 Å². The van der Waals surface area contributed by atoms with Crippen molar-refractivity contribution in [3.05, 3.63) is 62.9 Å². The standard InChI is InChI=1S/C33H35ClN4O4S/c1-20-15-24(31-30(35-20)26(19-43-31)32(40)41-4)23-16-22(34)5-6-29(23)42-14-13-38-21(2)36-27-7-8-33(9-11-37(3)12-10-33)17-25(27)28(38)18-39/h5-6,15-16,19H,7-14,17H2,1-4H3.